The van der Waals surface area contributed by atoms with Crippen molar-refractivity contribution in [2.24, 2.45) is 0 Å². The first kappa shape index (κ1) is 23.3. The van der Waals surface area contributed by atoms with Crippen LogP contribution in [-0.4, -0.2) is 42.2 Å². The van der Waals surface area contributed by atoms with E-state index in [1.807, 2.05) is 12.1 Å². The van der Waals surface area contributed by atoms with Crippen LogP contribution in [0.1, 0.15) is 66.4 Å². The van der Waals surface area contributed by atoms with Crippen LogP contribution >= 0.6 is 0 Å². The van der Waals surface area contributed by atoms with E-state index in [4.69, 9.17) is 4.42 Å². The van der Waals surface area contributed by atoms with Crippen LogP contribution in [0.4, 0.5) is 0 Å². The van der Waals surface area contributed by atoms with E-state index in [2.05, 4.69) is 25.6 Å². The second kappa shape index (κ2) is 9.11. The van der Waals surface area contributed by atoms with Crippen molar-refractivity contribution in [3.05, 3.63) is 94.4 Å². The molecule has 1 aliphatic carbocycles. The van der Waals surface area contributed by atoms with Gasteiger partial charge in [-0.2, -0.15) is 0 Å². The first-order chi connectivity index (χ1) is 18.4. The standard InChI is InChI=1S/C27H22N6O5/c1-14-30-20-10-15(2-7-23(20)38-14)13-29-24(34)21-12-22(33-9-8-28-27(33)32-21)25(35)31-19-6-4-16-11-17(26(36)37)3-5-18(16)19/h2-3,5,7-12,19H,4,6,13H2,1H3,(H,29,34)(H,31,35)(H,36,37)/t19-/m0/s1. The fourth-order valence-corrected chi connectivity index (χ4v) is 4.80. The highest BCUT2D eigenvalue weighted by Crippen LogP contribution is 2.32. The second-order valence-corrected chi connectivity index (χ2v) is 9.12. The predicted molar refractivity (Wildman–Crippen MR) is 135 cm³/mol. The minimum Gasteiger partial charge on any atom is -0.478 e. The monoisotopic (exact) mass is 510 g/mol. The molecule has 0 saturated carbocycles. The van der Waals surface area contributed by atoms with Crippen LogP contribution in [0.15, 0.2) is 59.3 Å². The predicted octanol–water partition coefficient (Wildman–Crippen LogP) is 3.22. The number of hydrogen-bond acceptors (Lipinski definition) is 7. The van der Waals surface area contributed by atoms with Crippen LogP contribution in [-0.2, 0) is 13.0 Å². The van der Waals surface area contributed by atoms with E-state index in [1.165, 1.54) is 22.7 Å². The molecule has 190 valence electrons. The molecule has 6 rings (SSSR count). The van der Waals surface area contributed by atoms with Gasteiger partial charge < -0.3 is 20.2 Å². The van der Waals surface area contributed by atoms with E-state index in [-0.39, 0.29) is 35.3 Å². The van der Waals surface area contributed by atoms with Gasteiger partial charge in [-0.3, -0.25) is 14.0 Å². The fourth-order valence-electron chi connectivity index (χ4n) is 4.80. The third-order valence-corrected chi connectivity index (χ3v) is 6.62. The highest BCUT2D eigenvalue weighted by molar-refractivity contribution is 5.98. The zero-order valence-corrected chi connectivity index (χ0v) is 20.3. The maximum absolute atomic E-state index is 13.3. The molecule has 11 nitrogen and oxygen atoms in total. The Morgan fingerprint density at radius 3 is 2.82 bits per heavy atom. The van der Waals surface area contributed by atoms with Gasteiger partial charge in [0, 0.05) is 25.9 Å². The summed E-state index contributed by atoms with van der Waals surface area (Å²) in [5.41, 5.74) is 4.50. The Hall–Kier alpha value is -5.06. The van der Waals surface area contributed by atoms with Gasteiger partial charge in [-0.1, -0.05) is 12.1 Å². The lowest BCUT2D eigenvalue weighted by atomic mass is 10.0. The van der Waals surface area contributed by atoms with Gasteiger partial charge in [0.25, 0.3) is 11.8 Å². The van der Waals surface area contributed by atoms with Gasteiger partial charge in [-0.15, -0.1) is 0 Å². The molecular weight excluding hydrogens is 488 g/mol. The molecule has 0 saturated heterocycles. The minimum absolute atomic E-state index is 0.0603. The summed E-state index contributed by atoms with van der Waals surface area (Å²) in [6.07, 6.45) is 4.42. The van der Waals surface area contributed by atoms with Crippen LogP contribution in [0.2, 0.25) is 0 Å². The number of hydrogen-bond donors (Lipinski definition) is 3. The number of aromatic nitrogens is 4. The average Bonchev–Trinajstić information content (AvgIpc) is 3.63. The van der Waals surface area contributed by atoms with E-state index in [9.17, 15) is 19.5 Å². The summed E-state index contributed by atoms with van der Waals surface area (Å²) in [6.45, 7) is 2.01. The molecule has 0 spiro atoms. The van der Waals surface area contributed by atoms with Crippen molar-refractivity contribution in [2.45, 2.75) is 32.4 Å². The third kappa shape index (κ3) is 4.23. The van der Waals surface area contributed by atoms with Crippen molar-refractivity contribution in [1.29, 1.82) is 0 Å². The Kier molecular flexibility index (Phi) is 5.60. The van der Waals surface area contributed by atoms with Gasteiger partial charge in [0.1, 0.15) is 16.9 Å². The topological polar surface area (TPSA) is 152 Å². The number of carbonyl (C=O) groups is 3. The molecule has 5 aromatic rings. The summed E-state index contributed by atoms with van der Waals surface area (Å²) in [4.78, 5) is 50.4. The number of aryl methyl sites for hydroxylation is 2. The summed E-state index contributed by atoms with van der Waals surface area (Å²) in [5, 5.41) is 15.1. The lowest BCUT2D eigenvalue weighted by Gasteiger charge is -2.15. The number of imidazole rings is 1. The normalized spacial score (nSPS) is 14.5. The van der Waals surface area contributed by atoms with E-state index in [1.54, 1.807) is 31.3 Å². The maximum atomic E-state index is 13.3. The van der Waals surface area contributed by atoms with Crippen molar-refractivity contribution in [3.8, 4) is 0 Å². The van der Waals surface area contributed by atoms with Crippen LogP contribution in [0.3, 0.4) is 0 Å². The van der Waals surface area contributed by atoms with E-state index in [0.29, 0.717) is 29.8 Å². The number of carboxylic acids is 1. The van der Waals surface area contributed by atoms with Gasteiger partial charge in [0.05, 0.1) is 11.6 Å². The summed E-state index contributed by atoms with van der Waals surface area (Å²) in [6, 6.07) is 11.6. The smallest absolute Gasteiger partial charge is 0.335 e. The van der Waals surface area contributed by atoms with Crippen molar-refractivity contribution in [1.82, 2.24) is 30.0 Å². The molecule has 2 aromatic carbocycles. The molecule has 3 N–H and O–H groups in total. The Morgan fingerprint density at radius 1 is 1.11 bits per heavy atom. The molecular formula is C27H22N6O5. The van der Waals surface area contributed by atoms with Crippen molar-refractivity contribution < 1.29 is 23.9 Å². The third-order valence-electron chi connectivity index (χ3n) is 6.62. The van der Waals surface area contributed by atoms with Crippen LogP contribution in [0, 0.1) is 6.92 Å². The molecule has 0 radical (unpaired) electrons. The highest BCUT2D eigenvalue weighted by atomic mass is 16.4. The maximum Gasteiger partial charge on any atom is 0.335 e. The van der Waals surface area contributed by atoms with Crippen LogP contribution in [0.5, 0.6) is 0 Å². The van der Waals surface area contributed by atoms with Crippen molar-refractivity contribution in [2.75, 3.05) is 0 Å². The van der Waals surface area contributed by atoms with Crippen LogP contribution in [0.25, 0.3) is 16.9 Å². The molecule has 2 amide bonds. The fraction of sp³-hybridized carbons (Fsp3) is 0.185. The molecule has 11 heteroatoms. The molecule has 1 aliphatic rings. The molecule has 0 fully saturated rings. The van der Waals surface area contributed by atoms with Crippen LogP contribution < -0.4 is 10.6 Å². The van der Waals surface area contributed by atoms with Gasteiger partial charge in [0.15, 0.2) is 11.5 Å². The Balaban J connectivity index is 1.21. The number of carboxylic acid groups (broad SMARTS) is 1. The Bertz CT molecular complexity index is 1750. The van der Waals surface area contributed by atoms with Gasteiger partial charge >= 0.3 is 5.97 Å². The summed E-state index contributed by atoms with van der Waals surface area (Å²) in [7, 11) is 0. The number of nitrogens with one attached hydrogen (secondary N) is 2. The zero-order valence-electron chi connectivity index (χ0n) is 20.3. The molecule has 38 heavy (non-hydrogen) atoms. The SMILES string of the molecule is Cc1nc2cc(CNC(=O)c3cc(C(=O)N[C@H]4CCc5cc(C(=O)O)ccc54)n4ccnc4n3)ccc2o1. The van der Waals surface area contributed by atoms with Gasteiger partial charge in [-0.05, 0) is 59.9 Å². The van der Waals surface area contributed by atoms with E-state index in [0.717, 1.165) is 16.7 Å². The number of oxazole rings is 1. The lowest BCUT2D eigenvalue weighted by Crippen LogP contribution is -2.30. The Morgan fingerprint density at radius 2 is 1.97 bits per heavy atom. The molecule has 1 atom stereocenters. The van der Waals surface area contributed by atoms with E-state index < -0.39 is 17.8 Å². The number of fused-ring (bicyclic) bond motifs is 3. The summed E-state index contributed by atoms with van der Waals surface area (Å²) < 4.78 is 7.01. The van der Waals surface area contributed by atoms with Crippen molar-refractivity contribution in [3.63, 3.8) is 0 Å². The Labute approximate surface area is 215 Å². The number of carbonyl (C=O) groups excluding carboxylic acids is 2. The molecule has 3 heterocycles. The molecule has 0 bridgehead atoms. The zero-order chi connectivity index (χ0) is 26.4. The first-order valence-corrected chi connectivity index (χ1v) is 12.0. The number of benzene rings is 2. The number of aromatic carboxylic acids is 1. The van der Waals surface area contributed by atoms with Gasteiger partial charge in [-0.25, -0.2) is 19.7 Å². The minimum atomic E-state index is -0.987. The highest BCUT2D eigenvalue weighted by Gasteiger charge is 2.27. The quantitative estimate of drug-likeness (QED) is 0.315. The molecule has 0 aliphatic heterocycles. The summed E-state index contributed by atoms with van der Waals surface area (Å²) in [5.74, 6) is -1.04. The lowest BCUT2D eigenvalue weighted by molar-refractivity contribution is 0.0696. The number of rotatable bonds is 6. The summed E-state index contributed by atoms with van der Waals surface area (Å²) >= 11 is 0. The molecule has 3 aromatic heterocycles. The average molecular weight is 511 g/mol. The number of nitrogens with zero attached hydrogens (tertiary/aromatic N) is 4. The largest absolute Gasteiger partial charge is 0.478 e. The number of amides is 2. The first-order valence-electron chi connectivity index (χ1n) is 12.0. The molecule has 0 unspecified atom stereocenters. The van der Waals surface area contributed by atoms with Gasteiger partial charge in [0.2, 0.25) is 5.78 Å². The van der Waals surface area contributed by atoms with E-state index >= 15 is 0 Å². The van der Waals surface area contributed by atoms with Crippen molar-refractivity contribution >= 4 is 34.7 Å². The second-order valence-electron chi connectivity index (χ2n) is 9.12.